The Kier molecular flexibility index (Phi) is 3.89. The summed E-state index contributed by atoms with van der Waals surface area (Å²) in [6.45, 7) is 2.28. The molecule has 0 spiro atoms. The summed E-state index contributed by atoms with van der Waals surface area (Å²) in [5.74, 6) is 0.325. The van der Waals surface area contributed by atoms with Crippen LogP contribution in [0.1, 0.15) is 6.92 Å². The average molecular weight is 283 g/mol. The molecule has 104 valence electrons. The standard InChI is InChI=1S/C9H16BN5O3P/c1-6(18-5-19(10,16)17)2-15-4-14-7-8(11)12-3-13-9(7)15/h3-4,6H,2,5H2,1,10H3,(H,16,17)(H2,11,12,13)/q-1/p-1/t6-/m1/s1. The fraction of sp³-hybridized carbons (Fsp3) is 0.444. The molecule has 8 nitrogen and oxygen atoms in total. The summed E-state index contributed by atoms with van der Waals surface area (Å²) in [7, 11) is -3.87. The Morgan fingerprint density at radius 2 is 2.32 bits per heavy atom. The average Bonchev–Trinajstić information content (AvgIpc) is 2.71. The van der Waals surface area contributed by atoms with Crippen LogP contribution in [0.4, 0.5) is 5.82 Å². The van der Waals surface area contributed by atoms with E-state index in [9.17, 15) is 9.46 Å². The number of nitrogen functional groups attached to an aromatic ring is 1. The van der Waals surface area contributed by atoms with Crippen molar-refractivity contribution in [3.8, 4) is 0 Å². The molecule has 0 saturated heterocycles. The monoisotopic (exact) mass is 283 g/mol. The maximum atomic E-state index is 11.2. The Bertz CT molecular complexity index is 627. The second-order valence-electron chi connectivity index (χ2n) is 3.77. The lowest BCUT2D eigenvalue weighted by Crippen LogP contribution is -2.19. The molecule has 2 heterocycles. The van der Waals surface area contributed by atoms with E-state index in [0.717, 1.165) is 0 Å². The first-order chi connectivity index (χ1) is 8.87. The number of hydrogen-bond donors (Lipinski definition) is 1. The predicted octanol–water partition coefficient (Wildman–Crippen LogP) is -1.31. The van der Waals surface area contributed by atoms with Gasteiger partial charge in [0.1, 0.15) is 11.8 Å². The van der Waals surface area contributed by atoms with Crippen LogP contribution in [0.2, 0.25) is 0 Å². The van der Waals surface area contributed by atoms with Crippen molar-refractivity contribution in [2.75, 3.05) is 12.1 Å². The van der Waals surface area contributed by atoms with Crippen LogP contribution >= 0.6 is 7.25 Å². The summed E-state index contributed by atoms with van der Waals surface area (Å²) < 4.78 is 18.2. The topological polar surface area (TPSA) is 119 Å². The lowest BCUT2D eigenvalue weighted by Gasteiger charge is -2.26. The zero-order valence-corrected chi connectivity index (χ0v) is 10.6. The number of anilines is 1. The molecule has 0 aromatic carbocycles. The van der Waals surface area contributed by atoms with Crippen LogP contribution < -0.4 is 10.6 Å². The first-order valence-corrected chi connectivity index (χ1v) is 6.59. The summed E-state index contributed by atoms with van der Waals surface area (Å²) in [6, 6.07) is 0. The number of fused-ring (bicyclic) bond motifs is 1. The molecule has 10 heteroatoms. The highest BCUT2D eigenvalue weighted by Crippen LogP contribution is 2.28. The maximum Gasteiger partial charge on any atom is 0.165 e. The zero-order valence-electron chi connectivity index (χ0n) is 9.68. The highest BCUT2D eigenvalue weighted by molar-refractivity contribution is 7.81. The van der Waals surface area contributed by atoms with Gasteiger partial charge in [0.05, 0.1) is 25.3 Å². The molecular weight excluding hydrogens is 268 g/mol. The Hall–Kier alpha value is -1.44. The smallest absolute Gasteiger partial charge is 0.165 e. The van der Waals surface area contributed by atoms with Crippen LogP contribution in [-0.2, 0) is 15.8 Å². The minimum absolute atomic E-state index is 0.169. The van der Waals surface area contributed by atoms with E-state index in [2.05, 4.69) is 15.0 Å². The van der Waals surface area contributed by atoms with E-state index in [4.69, 9.17) is 10.5 Å². The van der Waals surface area contributed by atoms with Crippen molar-refractivity contribution in [3.63, 3.8) is 0 Å². The summed E-state index contributed by atoms with van der Waals surface area (Å²) in [6.07, 6.45) is 2.56. The van der Waals surface area contributed by atoms with Gasteiger partial charge in [0, 0.05) is 7.57 Å². The van der Waals surface area contributed by atoms with Gasteiger partial charge in [-0.15, -0.1) is 7.25 Å². The molecular formula is C9H15BN5O3P-2. The minimum atomic E-state index is -3.16. The lowest BCUT2D eigenvalue weighted by molar-refractivity contribution is -0.174. The molecule has 0 aliphatic heterocycles. The van der Waals surface area contributed by atoms with Crippen LogP contribution in [-0.4, -0.2) is 39.5 Å². The van der Waals surface area contributed by atoms with Crippen molar-refractivity contribution in [3.05, 3.63) is 12.7 Å². The molecule has 0 radical (unpaired) electrons. The van der Waals surface area contributed by atoms with Gasteiger partial charge in [-0.1, -0.05) is 0 Å². The fourth-order valence-corrected chi connectivity index (χ4v) is 1.93. The van der Waals surface area contributed by atoms with Gasteiger partial charge in [0.15, 0.2) is 11.5 Å². The van der Waals surface area contributed by atoms with Crippen LogP contribution in [0.5, 0.6) is 0 Å². The van der Waals surface area contributed by atoms with Crippen molar-refractivity contribution in [2.24, 2.45) is 0 Å². The van der Waals surface area contributed by atoms with Crippen LogP contribution in [0.25, 0.3) is 11.2 Å². The minimum Gasteiger partial charge on any atom is -0.827 e. The first kappa shape index (κ1) is 14.0. The van der Waals surface area contributed by atoms with Crippen LogP contribution in [0.15, 0.2) is 12.7 Å². The summed E-state index contributed by atoms with van der Waals surface area (Å²) in [5, 5.41) is 0. The maximum absolute atomic E-state index is 11.2. The van der Waals surface area contributed by atoms with Gasteiger partial charge in [-0.3, -0.25) is 0 Å². The summed E-state index contributed by atoms with van der Waals surface area (Å²) in [4.78, 5) is 23.3. The van der Waals surface area contributed by atoms with Crippen molar-refractivity contribution in [1.82, 2.24) is 19.5 Å². The predicted molar refractivity (Wildman–Crippen MR) is 72.7 cm³/mol. The Labute approximate surface area is 110 Å². The van der Waals surface area contributed by atoms with Crippen molar-refractivity contribution in [2.45, 2.75) is 19.6 Å². The molecule has 0 aliphatic carbocycles. The number of imidazole rings is 1. The number of nitrogens with zero attached hydrogens (tertiary/aromatic N) is 4. The van der Waals surface area contributed by atoms with Gasteiger partial charge in [-0.05, 0) is 6.92 Å². The molecule has 0 aliphatic rings. The van der Waals surface area contributed by atoms with Crippen LogP contribution in [0, 0.1) is 0 Å². The van der Waals surface area contributed by atoms with Gasteiger partial charge < -0.3 is 24.5 Å². The van der Waals surface area contributed by atoms with E-state index in [0.29, 0.717) is 23.5 Å². The number of ether oxygens (including phenoxy) is 1. The third-order valence-electron chi connectivity index (χ3n) is 2.35. The number of aromatic nitrogens is 4. The second kappa shape index (κ2) is 5.28. The van der Waals surface area contributed by atoms with Crippen molar-refractivity contribution < 1.29 is 14.2 Å². The SMILES string of the molecule is [BH3-]P(=O)([O-])CO[C@H](C)Cn1cnc2c(N)ncnc21. The van der Waals surface area contributed by atoms with E-state index < -0.39 is 14.8 Å². The molecule has 2 aromatic heterocycles. The summed E-state index contributed by atoms with van der Waals surface area (Å²) in [5.41, 5.74) is 6.85. The molecule has 0 bridgehead atoms. The van der Waals surface area contributed by atoms with E-state index in [1.807, 2.05) is 6.92 Å². The first-order valence-electron chi connectivity index (χ1n) is 5.22. The highest BCUT2D eigenvalue weighted by Gasteiger charge is 2.11. The normalized spacial score (nSPS) is 16.4. The third kappa shape index (κ3) is 3.53. The van der Waals surface area contributed by atoms with Gasteiger partial charge in [-0.25, -0.2) is 15.0 Å². The largest absolute Gasteiger partial charge is 0.827 e. The van der Waals surface area contributed by atoms with E-state index in [-0.39, 0.29) is 12.5 Å². The number of rotatable bonds is 5. The molecule has 0 amide bonds. The highest BCUT2D eigenvalue weighted by atomic mass is 31.2. The van der Waals surface area contributed by atoms with Gasteiger partial charge in [-0.2, -0.15) is 0 Å². The Balaban J connectivity index is 2.09. The molecule has 0 fully saturated rings. The molecule has 2 N–H and O–H groups in total. The van der Waals surface area contributed by atoms with Crippen molar-refractivity contribution in [1.29, 1.82) is 0 Å². The second-order valence-corrected chi connectivity index (χ2v) is 4.69. The van der Waals surface area contributed by atoms with Gasteiger partial charge in [0.25, 0.3) is 0 Å². The van der Waals surface area contributed by atoms with Crippen LogP contribution in [0.3, 0.4) is 0 Å². The molecule has 2 aromatic rings. The lowest BCUT2D eigenvalue weighted by atomic mass is 10.4. The van der Waals surface area contributed by atoms with Gasteiger partial charge in [0.2, 0.25) is 0 Å². The third-order valence-corrected chi connectivity index (χ3v) is 2.71. The molecule has 1 unspecified atom stereocenters. The number of nitrogens with two attached hydrogens (primary N) is 1. The number of hydrogen-bond acceptors (Lipinski definition) is 7. The van der Waals surface area contributed by atoms with Gasteiger partial charge >= 0.3 is 0 Å². The van der Waals surface area contributed by atoms with E-state index in [1.54, 1.807) is 10.9 Å². The molecule has 2 atom stereocenters. The molecule has 19 heavy (non-hydrogen) atoms. The molecule has 0 saturated carbocycles. The summed E-state index contributed by atoms with van der Waals surface area (Å²) >= 11 is 0. The fourth-order valence-electron chi connectivity index (χ4n) is 1.55. The van der Waals surface area contributed by atoms with E-state index in [1.165, 1.54) is 6.33 Å². The zero-order chi connectivity index (χ0) is 14.0. The van der Waals surface area contributed by atoms with Crippen molar-refractivity contribution >= 4 is 31.8 Å². The molecule has 2 rings (SSSR count). The quantitative estimate of drug-likeness (QED) is 0.534. The van der Waals surface area contributed by atoms with E-state index >= 15 is 0 Å². The Morgan fingerprint density at radius 3 is 3.00 bits per heavy atom. The Morgan fingerprint density at radius 1 is 1.58 bits per heavy atom.